The topological polar surface area (TPSA) is 80.5 Å². The van der Waals surface area contributed by atoms with Crippen molar-refractivity contribution in [1.82, 2.24) is 25.4 Å². The van der Waals surface area contributed by atoms with Gasteiger partial charge in [0.15, 0.2) is 5.82 Å². The van der Waals surface area contributed by atoms with Gasteiger partial charge in [0.05, 0.1) is 5.25 Å². The molecule has 3 aromatic rings. The second kappa shape index (κ2) is 5.84. The SMILES string of the molecule is Cc1nnc([C@@H](C)Sc2n[nH]c(-c3cc(F)cc(F)c3)n2)o1. The Kier molecular flexibility index (Phi) is 3.88. The molecule has 0 saturated carbocycles. The fourth-order valence-corrected chi connectivity index (χ4v) is 2.56. The molecule has 1 atom stereocenters. The Hall–Kier alpha value is -2.29. The minimum atomic E-state index is -0.671. The molecular weight excluding hydrogens is 312 g/mol. The average Bonchev–Trinajstić information content (AvgIpc) is 3.06. The Labute approximate surface area is 128 Å². The molecule has 0 aliphatic heterocycles. The van der Waals surface area contributed by atoms with Gasteiger partial charge in [-0.15, -0.1) is 15.3 Å². The lowest BCUT2D eigenvalue weighted by molar-refractivity contribution is 0.470. The van der Waals surface area contributed by atoms with Crippen molar-refractivity contribution in [2.45, 2.75) is 24.3 Å². The number of aryl methyl sites for hydroxylation is 1. The maximum atomic E-state index is 13.2. The smallest absolute Gasteiger partial charge is 0.229 e. The van der Waals surface area contributed by atoms with E-state index in [2.05, 4.69) is 25.4 Å². The summed E-state index contributed by atoms with van der Waals surface area (Å²) in [7, 11) is 0. The molecule has 0 fully saturated rings. The van der Waals surface area contributed by atoms with Crippen molar-refractivity contribution in [3.8, 4) is 11.4 Å². The number of H-pyrrole nitrogens is 1. The van der Waals surface area contributed by atoms with Crippen LogP contribution < -0.4 is 0 Å². The molecule has 0 amide bonds. The first-order valence-corrected chi connectivity index (χ1v) is 7.25. The molecule has 0 aliphatic rings. The Morgan fingerprint density at radius 1 is 1.18 bits per heavy atom. The number of rotatable bonds is 4. The van der Waals surface area contributed by atoms with E-state index in [-0.39, 0.29) is 16.6 Å². The number of hydrogen-bond donors (Lipinski definition) is 1. The Bertz CT molecular complexity index is 783. The van der Waals surface area contributed by atoms with Crippen LogP contribution in [0, 0.1) is 18.6 Å². The maximum absolute atomic E-state index is 13.2. The van der Waals surface area contributed by atoms with Crippen molar-refractivity contribution in [1.29, 1.82) is 0 Å². The molecule has 0 saturated heterocycles. The molecule has 1 N–H and O–H groups in total. The van der Waals surface area contributed by atoms with E-state index in [9.17, 15) is 8.78 Å². The zero-order chi connectivity index (χ0) is 15.7. The summed E-state index contributed by atoms with van der Waals surface area (Å²) in [6.07, 6.45) is 0. The lowest BCUT2D eigenvalue weighted by Gasteiger charge is -2.01. The number of nitrogens with zero attached hydrogens (tertiary/aromatic N) is 4. The molecule has 0 radical (unpaired) electrons. The largest absolute Gasteiger partial charge is 0.424 e. The van der Waals surface area contributed by atoms with E-state index >= 15 is 0 Å². The van der Waals surface area contributed by atoms with Crippen LogP contribution in [0.15, 0.2) is 27.8 Å². The summed E-state index contributed by atoms with van der Waals surface area (Å²) in [6.45, 7) is 3.58. The molecule has 0 unspecified atom stereocenters. The van der Waals surface area contributed by atoms with Gasteiger partial charge in [0.25, 0.3) is 0 Å². The summed E-state index contributed by atoms with van der Waals surface area (Å²) in [5.41, 5.74) is 0.290. The number of aromatic nitrogens is 5. The summed E-state index contributed by atoms with van der Waals surface area (Å²) in [5.74, 6) is -0.112. The van der Waals surface area contributed by atoms with Crippen LogP contribution in [0.4, 0.5) is 8.78 Å². The predicted molar refractivity (Wildman–Crippen MR) is 75.0 cm³/mol. The van der Waals surface area contributed by atoms with Gasteiger partial charge in [0, 0.05) is 18.6 Å². The average molecular weight is 323 g/mol. The van der Waals surface area contributed by atoms with Crippen molar-refractivity contribution in [2.24, 2.45) is 0 Å². The van der Waals surface area contributed by atoms with Crippen LogP contribution in [-0.2, 0) is 0 Å². The summed E-state index contributed by atoms with van der Waals surface area (Å²) < 4.78 is 31.8. The van der Waals surface area contributed by atoms with Gasteiger partial charge in [0.1, 0.15) is 11.6 Å². The van der Waals surface area contributed by atoms with Gasteiger partial charge in [-0.1, -0.05) is 11.8 Å². The summed E-state index contributed by atoms with van der Waals surface area (Å²) in [4.78, 5) is 4.21. The molecule has 1 aromatic carbocycles. The highest BCUT2D eigenvalue weighted by molar-refractivity contribution is 7.99. The standard InChI is InChI=1S/C13H11F2N5OS/c1-6(12-19-17-7(2)21-12)22-13-16-11(18-20-13)8-3-9(14)5-10(15)4-8/h3-6H,1-2H3,(H,16,18,20)/t6-/m1/s1. The van der Waals surface area contributed by atoms with Crippen LogP contribution in [0.25, 0.3) is 11.4 Å². The molecule has 2 aromatic heterocycles. The van der Waals surface area contributed by atoms with E-state index in [0.717, 1.165) is 6.07 Å². The van der Waals surface area contributed by atoms with Gasteiger partial charge in [-0.2, -0.15) is 0 Å². The van der Waals surface area contributed by atoms with Crippen LogP contribution in [0.2, 0.25) is 0 Å². The molecule has 114 valence electrons. The highest BCUT2D eigenvalue weighted by Gasteiger charge is 2.17. The third-order valence-corrected chi connectivity index (χ3v) is 3.72. The summed E-state index contributed by atoms with van der Waals surface area (Å²) >= 11 is 1.30. The first-order chi connectivity index (χ1) is 10.5. The number of aromatic amines is 1. The van der Waals surface area contributed by atoms with Crippen molar-refractivity contribution >= 4 is 11.8 Å². The van der Waals surface area contributed by atoms with E-state index in [1.54, 1.807) is 6.92 Å². The molecule has 9 heteroatoms. The third-order valence-electron chi connectivity index (χ3n) is 2.77. The second-order valence-corrected chi connectivity index (χ2v) is 5.85. The second-order valence-electron chi connectivity index (χ2n) is 4.54. The number of halogens is 2. The maximum Gasteiger partial charge on any atom is 0.229 e. The van der Waals surface area contributed by atoms with Crippen molar-refractivity contribution in [2.75, 3.05) is 0 Å². The van der Waals surface area contributed by atoms with E-state index in [4.69, 9.17) is 4.42 Å². The van der Waals surface area contributed by atoms with E-state index in [0.29, 0.717) is 16.9 Å². The lowest BCUT2D eigenvalue weighted by atomic mass is 10.2. The fourth-order valence-electron chi connectivity index (χ4n) is 1.80. The zero-order valence-electron chi connectivity index (χ0n) is 11.7. The highest BCUT2D eigenvalue weighted by Crippen LogP contribution is 2.32. The fraction of sp³-hybridized carbons (Fsp3) is 0.231. The Balaban J connectivity index is 1.79. The third kappa shape index (κ3) is 3.14. The molecule has 2 heterocycles. The van der Waals surface area contributed by atoms with Gasteiger partial charge < -0.3 is 4.42 Å². The van der Waals surface area contributed by atoms with Crippen LogP contribution in [0.1, 0.15) is 24.0 Å². The van der Waals surface area contributed by atoms with E-state index < -0.39 is 11.6 Å². The Morgan fingerprint density at radius 3 is 2.55 bits per heavy atom. The van der Waals surface area contributed by atoms with Gasteiger partial charge in [0.2, 0.25) is 16.9 Å². The molecule has 0 spiro atoms. The van der Waals surface area contributed by atoms with Gasteiger partial charge >= 0.3 is 0 Å². The quantitative estimate of drug-likeness (QED) is 0.742. The molecule has 0 aliphatic carbocycles. The van der Waals surface area contributed by atoms with E-state index in [1.165, 1.54) is 23.9 Å². The Morgan fingerprint density at radius 2 is 1.91 bits per heavy atom. The summed E-state index contributed by atoms with van der Waals surface area (Å²) in [5, 5.41) is 14.6. The van der Waals surface area contributed by atoms with Gasteiger partial charge in [-0.05, 0) is 19.1 Å². The van der Waals surface area contributed by atoms with E-state index in [1.807, 2.05) is 6.92 Å². The van der Waals surface area contributed by atoms with Crippen molar-refractivity contribution in [3.63, 3.8) is 0 Å². The van der Waals surface area contributed by atoms with Crippen molar-refractivity contribution in [3.05, 3.63) is 41.6 Å². The number of benzene rings is 1. The molecule has 22 heavy (non-hydrogen) atoms. The first kappa shape index (κ1) is 14.6. The molecular formula is C13H11F2N5OS. The number of hydrogen-bond acceptors (Lipinski definition) is 6. The normalized spacial score (nSPS) is 12.5. The highest BCUT2D eigenvalue weighted by atomic mass is 32.2. The van der Waals surface area contributed by atoms with Crippen molar-refractivity contribution < 1.29 is 13.2 Å². The monoisotopic (exact) mass is 323 g/mol. The number of nitrogens with one attached hydrogen (secondary N) is 1. The molecule has 3 rings (SSSR count). The van der Waals surface area contributed by atoms with Gasteiger partial charge in [-0.25, -0.2) is 13.8 Å². The number of thioether (sulfide) groups is 1. The van der Waals surface area contributed by atoms with Crippen LogP contribution in [-0.4, -0.2) is 25.4 Å². The predicted octanol–water partition coefficient (Wildman–Crippen LogP) is 3.29. The van der Waals surface area contributed by atoms with Gasteiger partial charge in [-0.3, -0.25) is 5.10 Å². The minimum Gasteiger partial charge on any atom is -0.424 e. The lowest BCUT2D eigenvalue weighted by Crippen LogP contribution is -1.90. The molecule has 0 bridgehead atoms. The van der Waals surface area contributed by atoms with Crippen LogP contribution >= 0.6 is 11.8 Å². The van der Waals surface area contributed by atoms with Crippen LogP contribution in [0.5, 0.6) is 0 Å². The minimum absolute atomic E-state index is 0.144. The first-order valence-electron chi connectivity index (χ1n) is 6.37. The van der Waals surface area contributed by atoms with Crippen LogP contribution in [0.3, 0.4) is 0 Å². The summed E-state index contributed by atoms with van der Waals surface area (Å²) in [6, 6.07) is 3.17. The zero-order valence-corrected chi connectivity index (χ0v) is 12.5. The molecule has 6 nitrogen and oxygen atoms in total.